The number of carbonyl (C=O) groups is 1. The lowest BCUT2D eigenvalue weighted by Crippen LogP contribution is -2.66. The number of hydrogen-bond donors (Lipinski definition) is 0. The van der Waals surface area contributed by atoms with E-state index < -0.39 is 0 Å². The van der Waals surface area contributed by atoms with E-state index in [1.165, 1.54) is 0 Å². The maximum atomic E-state index is 11.9. The molecule has 1 atom stereocenters. The molecule has 1 spiro atoms. The van der Waals surface area contributed by atoms with Gasteiger partial charge in [0.05, 0.1) is 37.3 Å². The molecule has 0 radical (unpaired) electrons. The summed E-state index contributed by atoms with van der Waals surface area (Å²) in [5.74, 6) is 1.95. The highest BCUT2D eigenvalue weighted by Gasteiger charge is 2.48. The first-order valence-corrected chi connectivity index (χ1v) is 9.82. The highest BCUT2D eigenvalue weighted by atomic mass is 32.2. The summed E-state index contributed by atoms with van der Waals surface area (Å²) < 4.78 is 11.7. The van der Waals surface area contributed by atoms with Crippen molar-refractivity contribution in [2.24, 2.45) is 5.92 Å². The summed E-state index contributed by atoms with van der Waals surface area (Å²) >= 11 is 1.57. The van der Waals surface area contributed by atoms with Gasteiger partial charge in [-0.3, -0.25) is 9.78 Å². The Morgan fingerprint density at radius 1 is 1.50 bits per heavy atom. The molecule has 0 saturated carbocycles. The van der Waals surface area contributed by atoms with Crippen molar-refractivity contribution in [2.75, 3.05) is 38.3 Å². The SMILES string of the molecule is CSCC(=O)N1CC2(C[C@H](CCOc3cncc(C)n3)CCO2)C1. The molecular formula is C17H25N3O3S. The molecule has 6 nitrogen and oxygen atoms in total. The number of aryl methyl sites for hydroxylation is 1. The van der Waals surface area contributed by atoms with Crippen LogP contribution in [0.1, 0.15) is 25.0 Å². The molecule has 24 heavy (non-hydrogen) atoms. The summed E-state index contributed by atoms with van der Waals surface area (Å²) in [6, 6.07) is 0. The van der Waals surface area contributed by atoms with Crippen LogP contribution in [0.15, 0.2) is 12.4 Å². The Morgan fingerprint density at radius 3 is 3.08 bits per heavy atom. The van der Waals surface area contributed by atoms with E-state index >= 15 is 0 Å². The predicted molar refractivity (Wildman–Crippen MR) is 93.3 cm³/mol. The lowest BCUT2D eigenvalue weighted by atomic mass is 9.79. The molecule has 2 saturated heterocycles. The van der Waals surface area contributed by atoms with Crippen LogP contribution in [-0.4, -0.2) is 64.7 Å². The molecule has 0 aromatic carbocycles. The van der Waals surface area contributed by atoms with Gasteiger partial charge >= 0.3 is 0 Å². The van der Waals surface area contributed by atoms with Crippen LogP contribution in [0.3, 0.4) is 0 Å². The number of rotatable bonds is 6. The van der Waals surface area contributed by atoms with Gasteiger partial charge in [-0.2, -0.15) is 11.8 Å². The van der Waals surface area contributed by atoms with Crippen LogP contribution in [0.4, 0.5) is 0 Å². The van der Waals surface area contributed by atoms with Gasteiger partial charge < -0.3 is 14.4 Å². The van der Waals surface area contributed by atoms with Crippen LogP contribution in [0.25, 0.3) is 0 Å². The van der Waals surface area contributed by atoms with Gasteiger partial charge in [0.1, 0.15) is 5.60 Å². The number of hydrogen-bond acceptors (Lipinski definition) is 6. The van der Waals surface area contributed by atoms with Crippen LogP contribution in [-0.2, 0) is 9.53 Å². The van der Waals surface area contributed by atoms with Crippen LogP contribution in [0, 0.1) is 12.8 Å². The van der Waals surface area contributed by atoms with Gasteiger partial charge in [-0.1, -0.05) is 0 Å². The first-order chi connectivity index (χ1) is 11.6. The van der Waals surface area contributed by atoms with Crippen molar-refractivity contribution in [3.63, 3.8) is 0 Å². The standard InChI is InChI=1S/C17H25N3O3S/c1-13-8-18-9-15(19-13)22-5-3-14-4-6-23-17(7-14)11-20(12-17)16(21)10-24-2/h8-9,14H,3-7,10-12H2,1-2H3/t14-/m1/s1. The first-order valence-electron chi connectivity index (χ1n) is 8.42. The third-order valence-corrected chi connectivity index (χ3v) is 5.22. The lowest BCUT2D eigenvalue weighted by molar-refractivity contribution is -0.187. The second kappa shape index (κ2) is 7.70. The molecule has 0 aliphatic carbocycles. The average molecular weight is 351 g/mol. The Labute approximate surface area is 147 Å². The quantitative estimate of drug-likeness (QED) is 0.780. The monoisotopic (exact) mass is 351 g/mol. The zero-order chi connectivity index (χ0) is 17.0. The van der Waals surface area contributed by atoms with E-state index in [2.05, 4.69) is 9.97 Å². The summed E-state index contributed by atoms with van der Waals surface area (Å²) in [5.41, 5.74) is 0.752. The Bertz CT molecular complexity index is 578. The number of nitrogens with zero attached hydrogens (tertiary/aromatic N) is 3. The summed E-state index contributed by atoms with van der Waals surface area (Å²) in [7, 11) is 0. The van der Waals surface area contributed by atoms with Crippen molar-refractivity contribution in [2.45, 2.75) is 31.8 Å². The van der Waals surface area contributed by atoms with Crippen molar-refractivity contribution in [1.29, 1.82) is 0 Å². The fourth-order valence-corrected chi connectivity index (χ4v) is 3.91. The largest absolute Gasteiger partial charge is 0.477 e. The molecular weight excluding hydrogens is 326 g/mol. The molecule has 3 heterocycles. The number of aromatic nitrogens is 2. The highest BCUT2D eigenvalue weighted by Crippen LogP contribution is 2.38. The molecule has 2 aliphatic heterocycles. The second-order valence-electron chi connectivity index (χ2n) is 6.71. The van der Waals surface area contributed by atoms with E-state index in [1.807, 2.05) is 18.1 Å². The van der Waals surface area contributed by atoms with Gasteiger partial charge in [0.15, 0.2) is 0 Å². The minimum absolute atomic E-state index is 0.111. The normalized spacial score (nSPS) is 22.2. The van der Waals surface area contributed by atoms with Crippen molar-refractivity contribution in [3.05, 3.63) is 18.1 Å². The smallest absolute Gasteiger partial charge is 0.232 e. The minimum atomic E-state index is -0.111. The minimum Gasteiger partial charge on any atom is -0.477 e. The van der Waals surface area contributed by atoms with E-state index in [4.69, 9.17) is 9.47 Å². The third-order valence-electron chi connectivity index (χ3n) is 4.68. The maximum Gasteiger partial charge on any atom is 0.232 e. The van der Waals surface area contributed by atoms with E-state index in [1.54, 1.807) is 24.2 Å². The number of thioether (sulfide) groups is 1. The zero-order valence-electron chi connectivity index (χ0n) is 14.4. The van der Waals surface area contributed by atoms with Crippen LogP contribution in [0.2, 0.25) is 0 Å². The van der Waals surface area contributed by atoms with Gasteiger partial charge in [-0.15, -0.1) is 0 Å². The van der Waals surface area contributed by atoms with Crippen molar-refractivity contribution >= 4 is 17.7 Å². The van der Waals surface area contributed by atoms with Gasteiger partial charge in [0.25, 0.3) is 0 Å². The number of carbonyl (C=O) groups excluding carboxylic acids is 1. The molecule has 7 heteroatoms. The maximum absolute atomic E-state index is 11.9. The number of ether oxygens (including phenoxy) is 2. The molecule has 0 unspecified atom stereocenters. The number of amides is 1. The first kappa shape index (κ1) is 17.5. The van der Waals surface area contributed by atoms with E-state index in [0.717, 1.165) is 44.7 Å². The molecule has 2 fully saturated rings. The molecule has 3 rings (SSSR count). The molecule has 1 aromatic heterocycles. The molecule has 0 bridgehead atoms. The molecule has 0 N–H and O–H groups in total. The summed E-state index contributed by atoms with van der Waals surface area (Å²) in [6.45, 7) is 4.82. The van der Waals surface area contributed by atoms with Crippen LogP contribution < -0.4 is 4.74 Å². The fraction of sp³-hybridized carbons (Fsp3) is 0.706. The van der Waals surface area contributed by atoms with Crippen molar-refractivity contribution < 1.29 is 14.3 Å². The Kier molecular flexibility index (Phi) is 5.61. The van der Waals surface area contributed by atoms with Gasteiger partial charge in [0, 0.05) is 12.8 Å². The van der Waals surface area contributed by atoms with E-state index in [9.17, 15) is 4.79 Å². The Balaban J connectivity index is 1.42. The van der Waals surface area contributed by atoms with Gasteiger partial charge in [-0.05, 0) is 38.4 Å². The molecule has 1 amide bonds. The summed E-state index contributed by atoms with van der Waals surface area (Å²) in [4.78, 5) is 22.2. The van der Waals surface area contributed by atoms with Crippen LogP contribution in [0.5, 0.6) is 5.88 Å². The van der Waals surface area contributed by atoms with Crippen molar-refractivity contribution in [1.82, 2.24) is 14.9 Å². The van der Waals surface area contributed by atoms with E-state index in [-0.39, 0.29) is 11.5 Å². The second-order valence-corrected chi connectivity index (χ2v) is 7.57. The topological polar surface area (TPSA) is 64.6 Å². The zero-order valence-corrected chi connectivity index (χ0v) is 15.2. The van der Waals surface area contributed by atoms with E-state index in [0.29, 0.717) is 24.2 Å². The van der Waals surface area contributed by atoms with Gasteiger partial charge in [0.2, 0.25) is 11.8 Å². The highest BCUT2D eigenvalue weighted by molar-refractivity contribution is 7.99. The Morgan fingerprint density at radius 2 is 2.33 bits per heavy atom. The third kappa shape index (κ3) is 4.19. The molecule has 132 valence electrons. The van der Waals surface area contributed by atoms with Gasteiger partial charge in [-0.25, -0.2) is 4.98 Å². The van der Waals surface area contributed by atoms with Crippen molar-refractivity contribution in [3.8, 4) is 5.88 Å². The Hall–Kier alpha value is -1.34. The fourth-order valence-electron chi connectivity index (χ4n) is 3.48. The van der Waals surface area contributed by atoms with Crippen LogP contribution >= 0.6 is 11.8 Å². The number of likely N-dealkylation sites (tertiary alicyclic amines) is 1. The molecule has 1 aromatic rings. The summed E-state index contributed by atoms with van der Waals surface area (Å²) in [5, 5.41) is 0. The summed E-state index contributed by atoms with van der Waals surface area (Å²) in [6.07, 6.45) is 8.39. The predicted octanol–water partition coefficient (Wildman–Crippen LogP) is 1.92. The lowest BCUT2D eigenvalue weighted by Gasteiger charge is -2.53. The average Bonchev–Trinajstić information content (AvgIpc) is 2.53. The molecule has 2 aliphatic rings.